The molecular weight excluding hydrogens is 518 g/mol. The molecule has 1 aliphatic heterocycles. The molecule has 5 heteroatoms. The van der Waals surface area contributed by atoms with Crippen LogP contribution in [0.2, 0.25) is 0 Å². The van der Waals surface area contributed by atoms with Crippen molar-refractivity contribution in [3.05, 3.63) is 84.4 Å². The van der Waals surface area contributed by atoms with E-state index < -0.39 is 5.41 Å². The molecule has 35 heavy (non-hydrogen) atoms. The van der Waals surface area contributed by atoms with Gasteiger partial charge in [-0.15, -0.1) is 17.0 Å². The topological polar surface area (TPSA) is 29.5 Å². The summed E-state index contributed by atoms with van der Waals surface area (Å²) < 4.78 is 5.55. The second-order valence-corrected chi connectivity index (χ2v) is 10.5. The average molecular weight is 553 g/mol. The maximum Gasteiger partial charge on any atom is 0.316 e. The maximum absolute atomic E-state index is 13.1. The Morgan fingerprint density at radius 2 is 1.49 bits per heavy atom. The van der Waals surface area contributed by atoms with Gasteiger partial charge in [0.25, 0.3) is 0 Å². The lowest BCUT2D eigenvalue weighted by Crippen LogP contribution is -2.41. The Balaban J connectivity index is 0.00000289. The summed E-state index contributed by atoms with van der Waals surface area (Å²) in [6.07, 6.45) is 6.27. The summed E-state index contributed by atoms with van der Waals surface area (Å²) in [7, 11) is 0. The van der Waals surface area contributed by atoms with E-state index in [-0.39, 0.29) is 23.0 Å². The predicted molar refractivity (Wildman–Crippen MR) is 150 cm³/mol. The first-order chi connectivity index (χ1) is 16.7. The number of hydrogen-bond donors (Lipinski definition) is 0. The maximum atomic E-state index is 13.1. The highest BCUT2D eigenvalue weighted by molar-refractivity contribution is 8.93. The second-order valence-electron chi connectivity index (χ2n) is 9.44. The lowest BCUT2D eigenvalue weighted by Gasteiger charge is -2.39. The molecule has 3 aromatic carbocycles. The van der Waals surface area contributed by atoms with Crippen molar-refractivity contribution < 1.29 is 9.53 Å². The summed E-state index contributed by atoms with van der Waals surface area (Å²) in [6, 6.07) is 27.8. The fourth-order valence-corrected chi connectivity index (χ4v) is 6.75. The van der Waals surface area contributed by atoms with Crippen molar-refractivity contribution in [2.24, 2.45) is 5.92 Å². The van der Waals surface area contributed by atoms with Gasteiger partial charge < -0.3 is 9.64 Å². The molecule has 3 nitrogen and oxygen atoms in total. The van der Waals surface area contributed by atoms with Crippen molar-refractivity contribution in [2.45, 2.75) is 60.7 Å². The smallest absolute Gasteiger partial charge is 0.316 e. The largest absolute Gasteiger partial charge is 0.465 e. The lowest BCUT2D eigenvalue weighted by atomic mass is 9.66. The molecule has 1 fully saturated rings. The number of nitrogens with zero attached hydrogens (tertiary/aromatic N) is 1. The third-order valence-electron chi connectivity index (χ3n) is 7.48. The first-order valence-electron chi connectivity index (χ1n) is 12.6. The SMILES string of the molecule is Br.CCOC(=O)C1(c2ccccc2)CCC(CCCN2c3ccccc3Sc3ccccc32)CC1. The van der Waals surface area contributed by atoms with Crippen molar-refractivity contribution >= 4 is 46.1 Å². The molecular formula is C30H34BrNO2S. The van der Waals surface area contributed by atoms with Gasteiger partial charge in [0.2, 0.25) is 0 Å². The van der Waals surface area contributed by atoms with Crippen LogP contribution in [0.1, 0.15) is 51.0 Å². The van der Waals surface area contributed by atoms with Crippen LogP contribution in [0.15, 0.2) is 88.7 Å². The fourth-order valence-electron chi connectivity index (χ4n) is 5.66. The van der Waals surface area contributed by atoms with Crippen LogP contribution in [-0.2, 0) is 14.9 Å². The van der Waals surface area contributed by atoms with E-state index in [1.54, 1.807) is 0 Å². The number of anilines is 2. The summed E-state index contributed by atoms with van der Waals surface area (Å²) in [6.45, 7) is 3.36. The number of para-hydroxylation sites is 2. The average Bonchev–Trinajstić information content (AvgIpc) is 2.89. The number of fused-ring (bicyclic) bond motifs is 2. The van der Waals surface area contributed by atoms with Crippen LogP contribution in [0.3, 0.4) is 0 Å². The first-order valence-corrected chi connectivity index (χ1v) is 13.4. The molecule has 1 heterocycles. The third-order valence-corrected chi connectivity index (χ3v) is 8.61. The van der Waals surface area contributed by atoms with Gasteiger partial charge in [0.15, 0.2) is 0 Å². The Hall–Kier alpha value is -2.24. The zero-order valence-corrected chi connectivity index (χ0v) is 22.8. The van der Waals surface area contributed by atoms with Gasteiger partial charge in [-0.2, -0.15) is 0 Å². The van der Waals surface area contributed by atoms with Gasteiger partial charge in [0.05, 0.1) is 23.4 Å². The zero-order chi connectivity index (χ0) is 23.4. The summed E-state index contributed by atoms with van der Waals surface area (Å²) in [5.41, 5.74) is 3.28. The minimum atomic E-state index is -0.476. The number of benzene rings is 3. The Morgan fingerprint density at radius 3 is 2.09 bits per heavy atom. The Kier molecular flexibility index (Phi) is 8.61. The molecule has 0 unspecified atom stereocenters. The molecule has 0 atom stereocenters. The molecule has 5 rings (SSSR count). The van der Waals surface area contributed by atoms with Crippen LogP contribution in [0.25, 0.3) is 0 Å². The van der Waals surface area contributed by atoms with E-state index in [1.807, 2.05) is 36.9 Å². The van der Waals surface area contributed by atoms with E-state index in [1.165, 1.54) is 27.6 Å². The molecule has 0 aromatic heterocycles. The van der Waals surface area contributed by atoms with E-state index >= 15 is 0 Å². The van der Waals surface area contributed by atoms with Gasteiger partial charge in [-0.25, -0.2) is 0 Å². The predicted octanol–water partition coefficient (Wildman–Crippen LogP) is 8.34. The van der Waals surface area contributed by atoms with Crippen LogP contribution in [0, 0.1) is 5.92 Å². The Bertz CT molecular complexity index is 1080. The highest BCUT2D eigenvalue weighted by Crippen LogP contribution is 2.48. The number of ether oxygens (including phenoxy) is 1. The number of rotatable bonds is 7. The normalized spacial score (nSPS) is 20.8. The van der Waals surface area contributed by atoms with Gasteiger partial charge in [0, 0.05) is 16.3 Å². The van der Waals surface area contributed by atoms with Crippen LogP contribution < -0.4 is 4.90 Å². The van der Waals surface area contributed by atoms with Gasteiger partial charge in [-0.3, -0.25) is 4.79 Å². The third kappa shape index (κ3) is 5.31. The molecule has 1 saturated carbocycles. The van der Waals surface area contributed by atoms with Crippen LogP contribution in [0.5, 0.6) is 0 Å². The molecule has 0 spiro atoms. The Labute approximate surface area is 224 Å². The minimum Gasteiger partial charge on any atom is -0.465 e. The van der Waals surface area contributed by atoms with E-state index in [2.05, 4.69) is 65.6 Å². The summed E-state index contributed by atoms with van der Waals surface area (Å²) in [5, 5.41) is 0. The van der Waals surface area contributed by atoms with Crippen molar-refractivity contribution in [1.29, 1.82) is 0 Å². The van der Waals surface area contributed by atoms with E-state index in [0.717, 1.165) is 44.2 Å². The molecule has 184 valence electrons. The van der Waals surface area contributed by atoms with Crippen molar-refractivity contribution in [3.63, 3.8) is 0 Å². The van der Waals surface area contributed by atoms with E-state index in [0.29, 0.717) is 12.5 Å². The summed E-state index contributed by atoms with van der Waals surface area (Å²) in [4.78, 5) is 18.2. The molecule has 2 aliphatic rings. The van der Waals surface area contributed by atoms with Crippen molar-refractivity contribution in [2.75, 3.05) is 18.1 Å². The van der Waals surface area contributed by atoms with Crippen LogP contribution >= 0.6 is 28.7 Å². The van der Waals surface area contributed by atoms with Crippen molar-refractivity contribution in [1.82, 2.24) is 0 Å². The van der Waals surface area contributed by atoms with E-state index in [9.17, 15) is 4.79 Å². The highest BCUT2D eigenvalue weighted by Gasteiger charge is 2.44. The number of esters is 1. The quantitative estimate of drug-likeness (QED) is 0.276. The minimum absolute atomic E-state index is 0. The molecule has 0 saturated heterocycles. The van der Waals surface area contributed by atoms with Gasteiger partial charge in [-0.1, -0.05) is 66.4 Å². The first kappa shape index (κ1) is 25.8. The number of halogens is 1. The number of carbonyl (C=O) groups excluding carboxylic acids is 1. The van der Waals surface area contributed by atoms with Crippen LogP contribution in [-0.4, -0.2) is 19.1 Å². The van der Waals surface area contributed by atoms with Crippen molar-refractivity contribution in [3.8, 4) is 0 Å². The molecule has 0 amide bonds. The number of hydrogen-bond acceptors (Lipinski definition) is 4. The van der Waals surface area contributed by atoms with Gasteiger partial charge >= 0.3 is 5.97 Å². The highest BCUT2D eigenvalue weighted by atomic mass is 79.9. The molecule has 0 radical (unpaired) electrons. The molecule has 0 bridgehead atoms. The molecule has 0 N–H and O–H groups in total. The summed E-state index contributed by atoms with van der Waals surface area (Å²) >= 11 is 1.87. The monoisotopic (exact) mass is 551 g/mol. The molecule has 1 aliphatic carbocycles. The lowest BCUT2D eigenvalue weighted by molar-refractivity contribution is -0.152. The standard InChI is InChI=1S/C30H33NO2S.BrH/c1-2-33-29(32)30(24-12-4-3-5-13-24)20-18-23(19-21-30)11-10-22-31-25-14-6-8-16-27(25)34-28-17-9-7-15-26(28)31;/h3-9,12-17,23H,2,10-11,18-22H2,1H3;1H. The number of carbonyl (C=O) groups is 1. The second kappa shape index (κ2) is 11.7. The fraction of sp³-hybridized carbons (Fsp3) is 0.367. The van der Waals surface area contributed by atoms with Crippen LogP contribution in [0.4, 0.5) is 11.4 Å². The molecule has 3 aromatic rings. The summed E-state index contributed by atoms with van der Waals surface area (Å²) in [5.74, 6) is 0.620. The van der Waals surface area contributed by atoms with E-state index in [4.69, 9.17) is 4.74 Å². The van der Waals surface area contributed by atoms with Gasteiger partial charge in [-0.05, 0) is 81.2 Å². The Morgan fingerprint density at radius 1 is 0.914 bits per heavy atom. The van der Waals surface area contributed by atoms with Gasteiger partial charge in [0.1, 0.15) is 0 Å². The zero-order valence-electron chi connectivity index (χ0n) is 20.3.